The molecule has 0 aliphatic carbocycles. The molecule has 148 valence electrons. The summed E-state index contributed by atoms with van der Waals surface area (Å²) >= 11 is 0. The summed E-state index contributed by atoms with van der Waals surface area (Å²) < 4.78 is 49.4. The minimum Gasteiger partial charge on any atom is -0.496 e. The third-order valence-electron chi connectivity index (χ3n) is 4.34. The van der Waals surface area contributed by atoms with E-state index in [4.69, 9.17) is 9.47 Å². The summed E-state index contributed by atoms with van der Waals surface area (Å²) in [6.07, 6.45) is -2.61. The highest BCUT2D eigenvalue weighted by molar-refractivity contribution is 5.73. The predicted octanol–water partition coefficient (Wildman–Crippen LogP) is 5.09. The lowest BCUT2D eigenvalue weighted by molar-refractivity contribution is -0.137. The fourth-order valence-electron chi connectivity index (χ4n) is 2.71. The minimum atomic E-state index is -4.46. The van der Waals surface area contributed by atoms with Crippen molar-refractivity contribution in [2.75, 3.05) is 19.5 Å². The molecular formula is C19H24F3N3O2. The monoisotopic (exact) mass is 383 g/mol. The molecule has 8 heteroatoms. The second-order valence-electron chi connectivity index (χ2n) is 6.09. The van der Waals surface area contributed by atoms with Crippen LogP contribution in [-0.2, 0) is 6.18 Å². The second-order valence-corrected chi connectivity index (χ2v) is 6.09. The fraction of sp³-hybridized carbons (Fsp3) is 0.474. The average molecular weight is 383 g/mol. The Balaban J connectivity index is 2.54. The van der Waals surface area contributed by atoms with Gasteiger partial charge in [0.25, 0.3) is 0 Å². The van der Waals surface area contributed by atoms with Gasteiger partial charge >= 0.3 is 6.18 Å². The topological polar surface area (TPSA) is 56.3 Å². The Morgan fingerprint density at radius 3 is 2.26 bits per heavy atom. The molecule has 1 aromatic heterocycles. The predicted molar refractivity (Wildman–Crippen MR) is 98.3 cm³/mol. The van der Waals surface area contributed by atoms with Crippen LogP contribution in [0.3, 0.4) is 0 Å². The van der Waals surface area contributed by atoms with Gasteiger partial charge in [-0.05, 0) is 38.0 Å². The van der Waals surface area contributed by atoms with E-state index in [1.165, 1.54) is 20.3 Å². The molecule has 0 aliphatic rings. The molecule has 0 atom stereocenters. The Labute approximate surface area is 156 Å². The van der Waals surface area contributed by atoms with Crippen molar-refractivity contribution in [1.29, 1.82) is 0 Å². The Morgan fingerprint density at radius 2 is 1.74 bits per heavy atom. The van der Waals surface area contributed by atoms with Crippen molar-refractivity contribution in [1.82, 2.24) is 9.97 Å². The SMILES string of the molecule is CCC(CC)Nc1nc(OC)c(-c2ccc(C(F)(F)F)cc2OC)nc1C. The first kappa shape index (κ1) is 20.8. The molecule has 0 unspecified atom stereocenters. The van der Waals surface area contributed by atoms with Gasteiger partial charge in [-0.3, -0.25) is 0 Å². The Hall–Kier alpha value is -2.51. The molecule has 0 amide bonds. The van der Waals surface area contributed by atoms with E-state index in [-0.39, 0.29) is 17.7 Å². The number of aryl methyl sites for hydroxylation is 1. The van der Waals surface area contributed by atoms with Gasteiger partial charge in [-0.25, -0.2) is 4.98 Å². The van der Waals surface area contributed by atoms with Crippen LogP contribution in [0, 0.1) is 6.92 Å². The van der Waals surface area contributed by atoms with E-state index in [0.29, 0.717) is 22.8 Å². The standard InChI is InChI=1S/C19H24F3N3O2/c1-6-13(7-2)24-17-11(3)23-16(18(25-17)27-5)14-9-8-12(19(20,21)22)10-15(14)26-4/h8-10,13H,6-7H2,1-5H3,(H,24,25). The Morgan fingerprint density at radius 1 is 1.07 bits per heavy atom. The van der Waals surface area contributed by atoms with Crippen LogP contribution >= 0.6 is 0 Å². The highest BCUT2D eigenvalue weighted by Gasteiger charge is 2.32. The number of methoxy groups -OCH3 is 2. The van der Waals surface area contributed by atoms with Gasteiger partial charge in [-0.2, -0.15) is 18.2 Å². The van der Waals surface area contributed by atoms with Gasteiger partial charge in [-0.15, -0.1) is 0 Å². The van der Waals surface area contributed by atoms with E-state index in [2.05, 4.69) is 29.1 Å². The van der Waals surface area contributed by atoms with Crippen LogP contribution < -0.4 is 14.8 Å². The molecule has 0 spiro atoms. The van der Waals surface area contributed by atoms with Crippen molar-refractivity contribution in [2.45, 2.75) is 45.8 Å². The number of aromatic nitrogens is 2. The first-order valence-corrected chi connectivity index (χ1v) is 8.69. The van der Waals surface area contributed by atoms with Crippen LogP contribution in [-0.4, -0.2) is 30.2 Å². The molecule has 2 aromatic rings. The van der Waals surface area contributed by atoms with Crippen molar-refractivity contribution in [2.24, 2.45) is 0 Å². The van der Waals surface area contributed by atoms with Gasteiger partial charge < -0.3 is 14.8 Å². The number of alkyl halides is 3. The average Bonchev–Trinajstić information content (AvgIpc) is 2.65. The highest BCUT2D eigenvalue weighted by Crippen LogP contribution is 2.39. The second kappa shape index (κ2) is 8.45. The van der Waals surface area contributed by atoms with Crippen molar-refractivity contribution in [3.05, 3.63) is 29.5 Å². The minimum absolute atomic E-state index is 0.0533. The largest absolute Gasteiger partial charge is 0.496 e. The van der Waals surface area contributed by atoms with Crippen LogP contribution in [0.15, 0.2) is 18.2 Å². The van der Waals surface area contributed by atoms with E-state index >= 15 is 0 Å². The molecule has 1 heterocycles. The fourth-order valence-corrected chi connectivity index (χ4v) is 2.71. The number of hydrogen-bond acceptors (Lipinski definition) is 5. The van der Waals surface area contributed by atoms with Crippen LogP contribution in [0.5, 0.6) is 11.6 Å². The molecule has 0 saturated carbocycles. The van der Waals surface area contributed by atoms with Crippen LogP contribution in [0.2, 0.25) is 0 Å². The van der Waals surface area contributed by atoms with E-state index in [1.807, 2.05) is 0 Å². The zero-order valence-electron chi connectivity index (χ0n) is 16.1. The zero-order valence-corrected chi connectivity index (χ0v) is 16.1. The Kier molecular flexibility index (Phi) is 6.51. The summed E-state index contributed by atoms with van der Waals surface area (Å²) in [6.45, 7) is 5.93. The molecule has 0 bridgehead atoms. The summed E-state index contributed by atoms with van der Waals surface area (Å²) in [7, 11) is 2.76. The third-order valence-corrected chi connectivity index (χ3v) is 4.34. The van der Waals surface area contributed by atoms with Crippen molar-refractivity contribution < 1.29 is 22.6 Å². The maximum atomic E-state index is 13.0. The first-order valence-electron chi connectivity index (χ1n) is 8.69. The lowest BCUT2D eigenvalue weighted by Gasteiger charge is -2.19. The van der Waals surface area contributed by atoms with Gasteiger partial charge in [-0.1, -0.05) is 13.8 Å². The smallest absolute Gasteiger partial charge is 0.416 e. The van der Waals surface area contributed by atoms with E-state index in [0.717, 1.165) is 25.0 Å². The third kappa shape index (κ3) is 4.61. The van der Waals surface area contributed by atoms with Gasteiger partial charge in [0, 0.05) is 11.6 Å². The summed E-state index contributed by atoms with van der Waals surface area (Å²) in [4.78, 5) is 9.00. The number of benzene rings is 1. The quantitative estimate of drug-likeness (QED) is 0.722. The number of nitrogens with zero attached hydrogens (tertiary/aromatic N) is 2. The molecule has 2 rings (SSSR count). The summed E-state index contributed by atoms with van der Waals surface area (Å²) in [5, 5.41) is 3.32. The zero-order chi connectivity index (χ0) is 20.2. The van der Waals surface area contributed by atoms with Crippen LogP contribution in [0.25, 0.3) is 11.3 Å². The lowest BCUT2D eigenvalue weighted by atomic mass is 10.1. The number of anilines is 1. The number of halogens is 3. The molecule has 0 saturated heterocycles. The lowest BCUT2D eigenvalue weighted by Crippen LogP contribution is -2.19. The Bertz CT molecular complexity index is 790. The van der Waals surface area contributed by atoms with E-state index < -0.39 is 11.7 Å². The van der Waals surface area contributed by atoms with Crippen molar-refractivity contribution >= 4 is 5.82 Å². The summed E-state index contributed by atoms with van der Waals surface area (Å²) in [6, 6.07) is 3.50. The molecule has 1 aromatic carbocycles. The van der Waals surface area contributed by atoms with Gasteiger partial charge in [0.15, 0.2) is 5.82 Å². The van der Waals surface area contributed by atoms with Gasteiger partial charge in [0.05, 0.1) is 25.5 Å². The normalized spacial score (nSPS) is 11.6. The number of nitrogens with one attached hydrogen (secondary N) is 1. The van der Waals surface area contributed by atoms with Gasteiger partial charge in [0.1, 0.15) is 11.4 Å². The highest BCUT2D eigenvalue weighted by atomic mass is 19.4. The van der Waals surface area contributed by atoms with Crippen LogP contribution in [0.1, 0.15) is 37.9 Å². The summed E-state index contributed by atoms with van der Waals surface area (Å²) in [5.74, 6) is 0.861. The number of hydrogen-bond donors (Lipinski definition) is 1. The van der Waals surface area contributed by atoms with E-state index in [9.17, 15) is 13.2 Å². The molecular weight excluding hydrogens is 359 g/mol. The molecule has 0 fully saturated rings. The molecule has 27 heavy (non-hydrogen) atoms. The first-order chi connectivity index (χ1) is 12.7. The number of ether oxygens (including phenoxy) is 2. The van der Waals surface area contributed by atoms with Crippen LogP contribution in [0.4, 0.5) is 19.0 Å². The van der Waals surface area contributed by atoms with Crippen molar-refractivity contribution in [3.63, 3.8) is 0 Å². The molecule has 1 N–H and O–H groups in total. The van der Waals surface area contributed by atoms with Crippen molar-refractivity contribution in [3.8, 4) is 22.9 Å². The molecule has 5 nitrogen and oxygen atoms in total. The van der Waals surface area contributed by atoms with Gasteiger partial charge in [0.2, 0.25) is 5.88 Å². The number of rotatable bonds is 7. The maximum absolute atomic E-state index is 13.0. The molecule has 0 radical (unpaired) electrons. The summed E-state index contributed by atoms with van der Waals surface area (Å²) in [5.41, 5.74) is 0.543. The molecule has 0 aliphatic heterocycles. The van der Waals surface area contributed by atoms with E-state index in [1.54, 1.807) is 6.92 Å². The maximum Gasteiger partial charge on any atom is 0.416 e.